The summed E-state index contributed by atoms with van der Waals surface area (Å²) in [7, 11) is 0. The predicted octanol–water partition coefficient (Wildman–Crippen LogP) is 21.8. The van der Waals surface area contributed by atoms with E-state index in [9.17, 15) is 14.4 Å². The van der Waals surface area contributed by atoms with Gasteiger partial charge < -0.3 is 14.2 Å². The van der Waals surface area contributed by atoms with Crippen LogP contribution in [-0.4, -0.2) is 37.2 Å². The molecule has 80 heavy (non-hydrogen) atoms. The second-order valence-corrected chi connectivity index (χ2v) is 19.9. The first-order valence-corrected chi connectivity index (χ1v) is 31.4. The quantitative estimate of drug-likeness (QED) is 0.0261. The molecule has 6 nitrogen and oxygen atoms in total. The van der Waals surface area contributed by atoms with Crippen LogP contribution in [0, 0.1) is 0 Å². The molecule has 0 amide bonds. The Kier molecular flexibility index (Phi) is 61.0. The Labute approximate surface area is 490 Å². The lowest BCUT2D eigenvalue weighted by atomic mass is 10.1. The molecule has 0 radical (unpaired) electrons. The van der Waals surface area contributed by atoms with E-state index in [2.05, 4.69) is 215 Å². The number of rotatable bonds is 54. The van der Waals surface area contributed by atoms with Crippen LogP contribution in [0.1, 0.15) is 233 Å². The molecule has 0 aliphatic rings. The van der Waals surface area contributed by atoms with Gasteiger partial charge >= 0.3 is 17.9 Å². The maximum absolute atomic E-state index is 12.9. The fourth-order valence-electron chi connectivity index (χ4n) is 7.71. The predicted molar refractivity (Wildman–Crippen MR) is 347 cm³/mol. The largest absolute Gasteiger partial charge is 0.462 e. The zero-order valence-corrected chi connectivity index (χ0v) is 50.8. The molecular formula is C74H112O6. The van der Waals surface area contributed by atoms with Gasteiger partial charge in [0.2, 0.25) is 0 Å². The third-order valence-corrected chi connectivity index (χ3v) is 12.3. The molecule has 0 rings (SSSR count). The Balaban J connectivity index is 4.43. The molecule has 0 aromatic rings. The third-order valence-electron chi connectivity index (χ3n) is 12.3. The minimum atomic E-state index is -0.830. The number of allylic oxidation sites excluding steroid dienone is 32. The molecule has 0 bridgehead atoms. The van der Waals surface area contributed by atoms with Crippen molar-refractivity contribution in [2.75, 3.05) is 13.2 Å². The smallest absolute Gasteiger partial charge is 0.306 e. The first-order chi connectivity index (χ1) is 39.5. The van der Waals surface area contributed by atoms with Crippen LogP contribution in [0.3, 0.4) is 0 Å². The lowest BCUT2D eigenvalue weighted by Crippen LogP contribution is -2.30. The summed E-state index contributed by atoms with van der Waals surface area (Å²) in [6.07, 6.45) is 100. The highest BCUT2D eigenvalue weighted by molar-refractivity contribution is 5.71. The van der Waals surface area contributed by atoms with E-state index < -0.39 is 6.10 Å². The fourth-order valence-corrected chi connectivity index (χ4v) is 7.71. The van der Waals surface area contributed by atoms with Crippen LogP contribution in [0.2, 0.25) is 0 Å². The molecule has 1 atom stereocenters. The number of hydrogen-bond acceptors (Lipinski definition) is 6. The summed E-state index contributed by atoms with van der Waals surface area (Å²) in [6, 6.07) is 0. The summed E-state index contributed by atoms with van der Waals surface area (Å²) in [4.78, 5) is 38.1. The van der Waals surface area contributed by atoms with E-state index in [1.165, 1.54) is 32.1 Å². The van der Waals surface area contributed by atoms with Crippen LogP contribution < -0.4 is 0 Å². The van der Waals surface area contributed by atoms with Crippen molar-refractivity contribution in [3.63, 3.8) is 0 Å². The Hall–Kier alpha value is -5.75. The van der Waals surface area contributed by atoms with E-state index in [0.717, 1.165) is 148 Å². The topological polar surface area (TPSA) is 78.9 Å². The number of ether oxygens (including phenoxy) is 3. The molecule has 0 N–H and O–H groups in total. The van der Waals surface area contributed by atoms with Gasteiger partial charge in [0, 0.05) is 19.3 Å². The third kappa shape index (κ3) is 63.1. The molecule has 0 aromatic heterocycles. The summed E-state index contributed by atoms with van der Waals surface area (Å²) < 4.78 is 16.8. The minimum Gasteiger partial charge on any atom is -0.462 e. The number of hydrogen-bond donors (Lipinski definition) is 0. The van der Waals surface area contributed by atoms with Crippen molar-refractivity contribution < 1.29 is 28.6 Å². The molecule has 1 unspecified atom stereocenters. The van der Waals surface area contributed by atoms with E-state index in [0.29, 0.717) is 19.3 Å². The summed E-state index contributed by atoms with van der Waals surface area (Å²) in [6.45, 7) is 6.28. The number of esters is 3. The van der Waals surface area contributed by atoms with Crippen molar-refractivity contribution >= 4 is 17.9 Å². The molecule has 0 saturated carbocycles. The first-order valence-electron chi connectivity index (χ1n) is 31.4. The second kappa shape index (κ2) is 65.8. The molecule has 0 saturated heterocycles. The highest BCUT2D eigenvalue weighted by Crippen LogP contribution is 2.12. The molecule has 6 heteroatoms. The highest BCUT2D eigenvalue weighted by atomic mass is 16.6. The number of carbonyl (C=O) groups excluding carboxylic acids is 3. The van der Waals surface area contributed by atoms with Crippen molar-refractivity contribution in [1.82, 2.24) is 0 Å². The normalized spacial score (nSPS) is 13.5. The van der Waals surface area contributed by atoms with E-state index in [-0.39, 0.29) is 44.0 Å². The van der Waals surface area contributed by atoms with Gasteiger partial charge in [-0.05, 0) is 148 Å². The zero-order chi connectivity index (χ0) is 57.8. The monoisotopic (exact) mass is 1100 g/mol. The maximum Gasteiger partial charge on any atom is 0.306 e. The van der Waals surface area contributed by atoms with Gasteiger partial charge in [-0.1, -0.05) is 260 Å². The van der Waals surface area contributed by atoms with E-state index in [4.69, 9.17) is 14.2 Å². The molecule has 444 valence electrons. The fraction of sp³-hybridized carbons (Fsp3) is 0.527. The Morgan fingerprint density at radius 3 is 0.762 bits per heavy atom. The van der Waals surface area contributed by atoms with Crippen molar-refractivity contribution in [1.29, 1.82) is 0 Å². The van der Waals surface area contributed by atoms with Gasteiger partial charge in [0.05, 0.1) is 0 Å². The Morgan fingerprint density at radius 1 is 0.263 bits per heavy atom. The lowest BCUT2D eigenvalue weighted by Gasteiger charge is -2.18. The van der Waals surface area contributed by atoms with E-state index in [1.807, 2.05) is 0 Å². The molecular weight excluding hydrogens is 985 g/mol. The van der Waals surface area contributed by atoms with Crippen LogP contribution in [0.4, 0.5) is 0 Å². The average Bonchev–Trinajstić information content (AvgIpc) is 3.46. The number of carbonyl (C=O) groups is 3. The van der Waals surface area contributed by atoms with Gasteiger partial charge in [-0.2, -0.15) is 0 Å². The van der Waals surface area contributed by atoms with Gasteiger partial charge in [0.1, 0.15) is 13.2 Å². The maximum atomic E-state index is 12.9. The summed E-state index contributed by atoms with van der Waals surface area (Å²) in [5.74, 6) is -1.03. The van der Waals surface area contributed by atoms with Crippen LogP contribution >= 0.6 is 0 Å². The van der Waals surface area contributed by atoms with Crippen LogP contribution in [-0.2, 0) is 28.6 Å². The van der Waals surface area contributed by atoms with Crippen molar-refractivity contribution in [2.45, 2.75) is 239 Å². The molecule has 0 heterocycles. The minimum absolute atomic E-state index is 0.119. The molecule has 0 aromatic carbocycles. The van der Waals surface area contributed by atoms with Gasteiger partial charge in [-0.15, -0.1) is 0 Å². The van der Waals surface area contributed by atoms with E-state index in [1.54, 1.807) is 0 Å². The molecule has 0 aliphatic carbocycles. The summed E-state index contributed by atoms with van der Waals surface area (Å²) in [5, 5.41) is 0. The summed E-state index contributed by atoms with van der Waals surface area (Å²) >= 11 is 0. The molecule has 0 spiro atoms. The second-order valence-electron chi connectivity index (χ2n) is 19.9. The van der Waals surface area contributed by atoms with Crippen LogP contribution in [0.15, 0.2) is 194 Å². The standard InChI is InChI=1S/C74H112O6/c1-4-7-10-13-16-19-21-23-25-27-29-31-33-35-37-39-41-43-45-47-49-51-53-55-58-61-64-67-73(76)79-70-71(69-78-72(75)66-63-60-57-18-15-12-9-6-3)80-74(77)68-65-62-59-56-54-52-50-48-46-44-42-40-38-36-34-32-30-28-26-24-22-20-17-14-11-8-5-2/h7-8,10-11,16-17,19-20,23-26,29-32,35-38,41-44,47-50,53-56,71H,4-6,9,12-15,18,21-22,27-28,33-34,39-40,45-46,51-52,57-70H2,1-3H3/b10-7-,11-8-,19-16-,20-17-,25-23-,26-24-,31-29-,32-30-,37-35-,38-36-,43-41-,44-42-,49-47-,50-48-,55-53-,56-54-. The van der Waals surface area contributed by atoms with Gasteiger partial charge in [0.25, 0.3) is 0 Å². The van der Waals surface area contributed by atoms with Crippen LogP contribution in [0.5, 0.6) is 0 Å². The number of unbranched alkanes of at least 4 members (excludes halogenated alkanes) is 11. The van der Waals surface area contributed by atoms with Gasteiger partial charge in [-0.3, -0.25) is 14.4 Å². The van der Waals surface area contributed by atoms with Crippen molar-refractivity contribution in [3.8, 4) is 0 Å². The van der Waals surface area contributed by atoms with E-state index >= 15 is 0 Å². The van der Waals surface area contributed by atoms with Crippen LogP contribution in [0.25, 0.3) is 0 Å². The van der Waals surface area contributed by atoms with Gasteiger partial charge in [-0.25, -0.2) is 0 Å². The highest BCUT2D eigenvalue weighted by Gasteiger charge is 2.19. The SMILES string of the molecule is CC/C=C\C/C=C\C/C=C\C/C=C\C/C=C\C/C=C\C/C=C\C/C=C\CCCCC(=O)OCC(COC(=O)CCCCCCCCCC)OC(=O)CCCC/C=C\C/C=C\C/C=C\C/C=C\C/C=C\C/C=C\C/C=C\C/C=C\CC. The average molecular weight is 1100 g/mol. The lowest BCUT2D eigenvalue weighted by molar-refractivity contribution is -0.167. The van der Waals surface area contributed by atoms with Crippen molar-refractivity contribution in [3.05, 3.63) is 194 Å². The summed E-state index contributed by atoms with van der Waals surface area (Å²) in [5.41, 5.74) is 0. The van der Waals surface area contributed by atoms with Gasteiger partial charge in [0.15, 0.2) is 6.10 Å². The zero-order valence-electron chi connectivity index (χ0n) is 50.8. The molecule has 0 fully saturated rings. The van der Waals surface area contributed by atoms with Crippen molar-refractivity contribution in [2.24, 2.45) is 0 Å². The Bertz CT molecular complexity index is 1930. The first kappa shape index (κ1) is 74.2. The Morgan fingerprint density at radius 2 is 0.487 bits per heavy atom. The molecule has 0 aliphatic heterocycles.